The van der Waals surface area contributed by atoms with Gasteiger partial charge in [-0.1, -0.05) is 6.07 Å². The number of piperazine rings is 1. The van der Waals surface area contributed by atoms with Crippen LogP contribution in [0.4, 0.5) is 32.2 Å². The normalized spacial score (nSPS) is 25.0. The van der Waals surface area contributed by atoms with Crippen LogP contribution in [0.2, 0.25) is 0 Å². The second kappa shape index (κ2) is 11.3. The van der Waals surface area contributed by atoms with E-state index in [9.17, 15) is 18.3 Å². The monoisotopic (exact) mass is 697 g/mol. The van der Waals surface area contributed by atoms with E-state index in [4.69, 9.17) is 9.72 Å². The van der Waals surface area contributed by atoms with E-state index < -0.39 is 34.8 Å². The average Bonchev–Trinajstić information content (AvgIpc) is 3.75. The largest absolute Gasteiger partial charge is 0.508 e. The van der Waals surface area contributed by atoms with E-state index in [-0.39, 0.29) is 81.4 Å². The van der Waals surface area contributed by atoms with Crippen molar-refractivity contribution in [2.45, 2.75) is 69.4 Å². The number of hydrogen-bond donors (Lipinski definition) is 2. The molecule has 2 aliphatic carbocycles. The van der Waals surface area contributed by atoms with Gasteiger partial charge >= 0.3 is 6.01 Å². The van der Waals surface area contributed by atoms with E-state index in [2.05, 4.69) is 15.2 Å². The third-order valence-corrected chi connectivity index (χ3v) is 11.8. The number of anilines is 1. The van der Waals surface area contributed by atoms with Crippen molar-refractivity contribution in [2.24, 2.45) is 10.8 Å². The number of likely N-dealkylation sites (tertiary alicyclic amines) is 1. The van der Waals surface area contributed by atoms with Crippen LogP contribution in [-0.2, 0) is 0 Å². The summed E-state index contributed by atoms with van der Waals surface area (Å²) in [4.78, 5) is 13.5. The number of aromatic nitrogens is 2. The van der Waals surface area contributed by atoms with Crippen LogP contribution < -0.4 is 15.0 Å². The van der Waals surface area contributed by atoms with Gasteiger partial charge in [0.15, 0.2) is 17.5 Å². The van der Waals surface area contributed by atoms with Crippen molar-refractivity contribution < 1.29 is 36.2 Å². The number of phenols is 1. The maximum Gasteiger partial charge on any atom is 0.319 e. The number of alkyl halides is 2. The number of halogens is 6. The minimum atomic E-state index is -2.53. The predicted octanol–water partition coefficient (Wildman–Crippen LogP) is 7.32. The summed E-state index contributed by atoms with van der Waals surface area (Å²) in [6.07, 6.45) is 5.22. The maximum absolute atomic E-state index is 16.8. The van der Waals surface area contributed by atoms with Gasteiger partial charge in [-0.25, -0.2) is 26.3 Å². The lowest BCUT2D eigenvalue weighted by Gasteiger charge is -2.52. The lowest BCUT2D eigenvalue weighted by molar-refractivity contribution is -0.178. The van der Waals surface area contributed by atoms with E-state index in [0.29, 0.717) is 18.9 Å². The maximum atomic E-state index is 16.8. The molecule has 1 aromatic heterocycles. The molecule has 4 aromatic rings. The number of piperidine rings is 1. The summed E-state index contributed by atoms with van der Waals surface area (Å²) < 4.78 is 96.0. The minimum absolute atomic E-state index is 0.0199. The SMILES string of the molecule is Oc1cc(-c2c(F)cc3c(N4CC5CCC(C4)N5)nc(OCC4(CN5CCC6(CC5)CC(F)(F)C6)CC4)nc3c2F)c2c(F)c(F)ccc2c1. The quantitative estimate of drug-likeness (QED) is 0.196. The Balaban J connectivity index is 1.06. The highest BCUT2D eigenvalue weighted by Crippen LogP contribution is 2.58. The summed E-state index contributed by atoms with van der Waals surface area (Å²) in [5, 5.41) is 13.8. The first-order valence-corrected chi connectivity index (χ1v) is 17.4. The first-order chi connectivity index (χ1) is 23.9. The third kappa shape index (κ3) is 5.51. The number of nitrogens with one attached hydrogen (secondary N) is 1. The molecule has 1 spiro atoms. The number of benzene rings is 3. The highest BCUT2D eigenvalue weighted by atomic mass is 19.3. The van der Waals surface area contributed by atoms with E-state index in [1.807, 2.05) is 4.90 Å². The van der Waals surface area contributed by atoms with Crippen molar-refractivity contribution in [2.75, 3.05) is 44.2 Å². The molecule has 2 saturated carbocycles. The number of nitrogens with zero attached hydrogens (tertiary/aromatic N) is 4. The van der Waals surface area contributed by atoms with Gasteiger partial charge in [0.25, 0.3) is 0 Å². The summed E-state index contributed by atoms with van der Waals surface area (Å²) in [5.74, 6) is -7.20. The van der Waals surface area contributed by atoms with E-state index in [1.165, 1.54) is 12.1 Å². The Labute approximate surface area is 284 Å². The zero-order valence-electron chi connectivity index (χ0n) is 27.4. The molecule has 5 aliphatic rings. The number of rotatable bonds is 7. The average molecular weight is 698 g/mol. The van der Waals surface area contributed by atoms with Crippen molar-refractivity contribution in [3.8, 4) is 22.9 Å². The van der Waals surface area contributed by atoms with Gasteiger partial charge in [-0.05, 0) is 86.7 Å². The Hall–Kier alpha value is -3.84. The molecule has 2 unspecified atom stereocenters. The van der Waals surface area contributed by atoms with Gasteiger partial charge in [-0.3, -0.25) is 0 Å². The molecule has 9 rings (SSSR count). The zero-order valence-corrected chi connectivity index (χ0v) is 27.4. The first kappa shape index (κ1) is 32.1. The number of ether oxygens (including phenoxy) is 1. The molecule has 2 N–H and O–H groups in total. The van der Waals surface area contributed by atoms with Gasteiger partial charge < -0.3 is 25.0 Å². The van der Waals surface area contributed by atoms with Crippen molar-refractivity contribution >= 4 is 27.5 Å². The second-order valence-electron chi connectivity index (χ2n) is 15.5. The van der Waals surface area contributed by atoms with Crippen molar-refractivity contribution in [3.63, 3.8) is 0 Å². The van der Waals surface area contributed by atoms with Crippen LogP contribution in [0.25, 0.3) is 32.8 Å². The summed E-state index contributed by atoms with van der Waals surface area (Å²) in [6, 6.07) is 5.77. The number of phenolic OH excluding ortho intramolecular Hbond substituents is 1. The first-order valence-electron chi connectivity index (χ1n) is 17.4. The lowest BCUT2D eigenvalue weighted by atomic mass is 9.61. The molecule has 4 heterocycles. The zero-order chi connectivity index (χ0) is 34.6. The van der Waals surface area contributed by atoms with Crippen LogP contribution in [0.5, 0.6) is 11.8 Å². The molecule has 264 valence electrons. The fourth-order valence-corrected chi connectivity index (χ4v) is 9.06. The Bertz CT molecular complexity index is 2010. The molecule has 0 radical (unpaired) electrons. The molecular weight excluding hydrogens is 660 g/mol. The van der Waals surface area contributed by atoms with Gasteiger partial charge in [-0.2, -0.15) is 9.97 Å². The van der Waals surface area contributed by atoms with Gasteiger partial charge in [0, 0.05) is 66.3 Å². The molecule has 3 aliphatic heterocycles. The standard InChI is InChI=1S/C37H37F6N5O2/c38-26-4-1-20-11-23(49)12-24(28(20)30(26)40)29-27(39)13-25-32(31(29)41)45-34(46-33(25)48-14-21-2-3-22(15-48)44-21)50-19-36(5-6-36)18-47-9-7-35(8-10-47)16-37(42,43)17-35/h1,4,11-13,21-22,44,49H,2-3,5-10,14-19H2. The molecule has 2 bridgehead atoms. The summed E-state index contributed by atoms with van der Waals surface area (Å²) in [6.45, 7) is 3.67. The molecule has 2 atom stereocenters. The molecule has 5 fully saturated rings. The highest BCUT2D eigenvalue weighted by molar-refractivity contribution is 6.02. The fraction of sp³-hybridized carbons (Fsp3) is 0.514. The second-order valence-corrected chi connectivity index (χ2v) is 15.5. The number of fused-ring (bicyclic) bond motifs is 4. The van der Waals surface area contributed by atoms with Crippen LogP contribution in [0.3, 0.4) is 0 Å². The summed E-state index contributed by atoms with van der Waals surface area (Å²) >= 11 is 0. The highest BCUT2D eigenvalue weighted by Gasteiger charge is 2.57. The van der Waals surface area contributed by atoms with Gasteiger partial charge in [0.2, 0.25) is 5.92 Å². The van der Waals surface area contributed by atoms with Gasteiger partial charge in [0.05, 0.1) is 12.2 Å². The van der Waals surface area contributed by atoms with Crippen molar-refractivity contribution in [3.05, 3.63) is 53.6 Å². The summed E-state index contributed by atoms with van der Waals surface area (Å²) in [5.41, 5.74) is -1.63. The molecule has 7 nitrogen and oxygen atoms in total. The van der Waals surface area contributed by atoms with Crippen LogP contribution >= 0.6 is 0 Å². The van der Waals surface area contributed by atoms with Gasteiger partial charge in [0.1, 0.15) is 22.9 Å². The molecule has 50 heavy (non-hydrogen) atoms. The van der Waals surface area contributed by atoms with Gasteiger partial charge in [-0.15, -0.1) is 0 Å². The molecule has 0 amide bonds. The molecule has 3 saturated heterocycles. The molecular formula is C37H37F6N5O2. The minimum Gasteiger partial charge on any atom is -0.508 e. The number of hydrogen-bond acceptors (Lipinski definition) is 7. The smallest absolute Gasteiger partial charge is 0.319 e. The fourth-order valence-electron chi connectivity index (χ4n) is 9.06. The molecule has 3 aromatic carbocycles. The van der Waals surface area contributed by atoms with Crippen LogP contribution in [0.1, 0.15) is 51.4 Å². The van der Waals surface area contributed by atoms with Crippen molar-refractivity contribution in [1.29, 1.82) is 0 Å². The lowest BCUT2D eigenvalue weighted by Crippen LogP contribution is -2.53. The van der Waals surface area contributed by atoms with E-state index in [0.717, 1.165) is 76.4 Å². The van der Waals surface area contributed by atoms with E-state index >= 15 is 13.2 Å². The van der Waals surface area contributed by atoms with Crippen molar-refractivity contribution in [1.82, 2.24) is 20.2 Å². The van der Waals surface area contributed by atoms with Crippen LogP contribution in [-0.4, -0.2) is 77.3 Å². The van der Waals surface area contributed by atoms with E-state index in [1.54, 1.807) is 0 Å². The Morgan fingerprint density at radius 2 is 1.60 bits per heavy atom. The third-order valence-electron chi connectivity index (χ3n) is 11.8. The Kier molecular flexibility index (Phi) is 7.27. The van der Waals surface area contributed by atoms with Crippen LogP contribution in [0.15, 0.2) is 30.3 Å². The predicted molar refractivity (Wildman–Crippen MR) is 176 cm³/mol. The molecule has 13 heteroatoms. The Morgan fingerprint density at radius 3 is 2.28 bits per heavy atom. The number of aromatic hydroxyl groups is 1. The topological polar surface area (TPSA) is 73.8 Å². The van der Waals surface area contributed by atoms with Crippen LogP contribution in [0, 0.1) is 34.1 Å². The summed E-state index contributed by atoms with van der Waals surface area (Å²) in [7, 11) is 0. The Morgan fingerprint density at radius 1 is 0.880 bits per heavy atom.